The van der Waals surface area contributed by atoms with Crippen molar-refractivity contribution in [3.63, 3.8) is 0 Å². The first kappa shape index (κ1) is 20.7. The molecule has 3 rings (SSSR count). The van der Waals surface area contributed by atoms with E-state index in [9.17, 15) is 14.4 Å². The average Bonchev–Trinajstić information content (AvgIpc) is 3.02. The van der Waals surface area contributed by atoms with E-state index in [-0.39, 0.29) is 41.5 Å². The summed E-state index contributed by atoms with van der Waals surface area (Å²) < 4.78 is 5.08. The van der Waals surface area contributed by atoms with Gasteiger partial charge in [0.05, 0.1) is 22.6 Å². The number of piperidine rings is 1. The van der Waals surface area contributed by atoms with E-state index in [1.165, 1.54) is 18.0 Å². The topological polar surface area (TPSA) is 91.8 Å². The summed E-state index contributed by atoms with van der Waals surface area (Å²) in [5, 5.41) is 3.16. The number of ether oxygens (including phenoxy) is 1. The van der Waals surface area contributed by atoms with Crippen LogP contribution < -0.4 is 5.32 Å². The van der Waals surface area contributed by atoms with Gasteiger partial charge in [-0.1, -0.05) is 11.6 Å². The number of likely N-dealkylation sites (tertiary alicyclic amines) is 1. The summed E-state index contributed by atoms with van der Waals surface area (Å²) in [6.07, 6.45) is 2.70. The van der Waals surface area contributed by atoms with E-state index in [4.69, 9.17) is 16.3 Å². The van der Waals surface area contributed by atoms with Gasteiger partial charge in [0, 0.05) is 25.3 Å². The Morgan fingerprint density at radius 2 is 2.07 bits per heavy atom. The van der Waals surface area contributed by atoms with Gasteiger partial charge in [-0.3, -0.25) is 14.5 Å². The molecule has 0 radical (unpaired) electrons. The van der Waals surface area contributed by atoms with Crippen molar-refractivity contribution in [1.29, 1.82) is 0 Å². The molecule has 3 amide bonds. The van der Waals surface area contributed by atoms with Crippen LogP contribution in [0.5, 0.6) is 0 Å². The molecule has 0 bridgehead atoms. The maximum absolute atomic E-state index is 12.4. The Bertz CT molecular complexity index is 725. The Balaban J connectivity index is 1.36. The van der Waals surface area contributed by atoms with Crippen LogP contribution in [0, 0.1) is 0 Å². The Morgan fingerprint density at radius 1 is 1.32 bits per heavy atom. The first-order valence-corrected chi connectivity index (χ1v) is 10.7. The largest absolute Gasteiger partial charge is 0.447 e. The molecular weight excluding hydrogens is 404 g/mol. The summed E-state index contributed by atoms with van der Waals surface area (Å²) in [6, 6.07) is 3.48. The summed E-state index contributed by atoms with van der Waals surface area (Å²) in [7, 11) is 0. The minimum absolute atomic E-state index is 0.0120. The van der Waals surface area contributed by atoms with Crippen molar-refractivity contribution in [3.8, 4) is 0 Å². The lowest BCUT2D eigenvalue weighted by molar-refractivity contribution is -0.129. The van der Waals surface area contributed by atoms with Crippen molar-refractivity contribution < 1.29 is 19.1 Å². The predicted molar refractivity (Wildman–Crippen MR) is 107 cm³/mol. The van der Waals surface area contributed by atoms with Crippen LogP contribution in [0.2, 0.25) is 5.02 Å². The lowest BCUT2D eigenvalue weighted by Crippen LogP contribution is -2.49. The van der Waals surface area contributed by atoms with Gasteiger partial charge in [0.25, 0.3) is 0 Å². The zero-order valence-electron chi connectivity index (χ0n) is 15.6. The summed E-state index contributed by atoms with van der Waals surface area (Å²) in [5.41, 5.74) is 0. The van der Waals surface area contributed by atoms with E-state index in [0.717, 1.165) is 12.8 Å². The van der Waals surface area contributed by atoms with Crippen molar-refractivity contribution in [2.24, 2.45) is 0 Å². The van der Waals surface area contributed by atoms with Gasteiger partial charge < -0.3 is 15.0 Å². The molecule has 1 aromatic rings. The van der Waals surface area contributed by atoms with Crippen LogP contribution in [0.1, 0.15) is 19.8 Å². The predicted octanol–water partition coefficient (Wildman–Crippen LogP) is 2.24. The second kappa shape index (κ2) is 9.47. The van der Waals surface area contributed by atoms with Crippen molar-refractivity contribution in [2.45, 2.75) is 31.8 Å². The number of halogens is 1. The van der Waals surface area contributed by atoms with Crippen LogP contribution >= 0.6 is 23.4 Å². The zero-order chi connectivity index (χ0) is 20.1. The van der Waals surface area contributed by atoms with Crippen LogP contribution in [0.4, 0.5) is 10.6 Å². The lowest BCUT2D eigenvalue weighted by atomic mass is 10.0. The first-order chi connectivity index (χ1) is 13.4. The van der Waals surface area contributed by atoms with Crippen LogP contribution in [-0.4, -0.2) is 76.0 Å². The highest BCUT2D eigenvalue weighted by atomic mass is 35.5. The molecule has 2 saturated heterocycles. The standard InChI is InChI=1S/C18H23ClN4O4S/c1-12-9-27-18(26)23(12)14-4-6-22(7-5-14)17(25)11-28-10-16(24)21-15-3-2-13(19)8-20-15/h2-3,8,12,14H,4-7,9-11H2,1H3,(H,20,21,24). The quantitative estimate of drug-likeness (QED) is 0.750. The number of hydrogen-bond donors (Lipinski definition) is 1. The fraction of sp³-hybridized carbons (Fsp3) is 0.556. The number of cyclic esters (lactones) is 1. The number of nitrogens with zero attached hydrogens (tertiary/aromatic N) is 3. The van der Waals surface area contributed by atoms with Crippen molar-refractivity contribution in [2.75, 3.05) is 36.5 Å². The fourth-order valence-corrected chi connectivity index (χ4v) is 4.21. The molecule has 28 heavy (non-hydrogen) atoms. The number of hydrogen-bond acceptors (Lipinski definition) is 6. The normalized spacial score (nSPS) is 20.2. The Hall–Kier alpha value is -2.00. The average molecular weight is 427 g/mol. The van der Waals surface area contributed by atoms with E-state index in [0.29, 0.717) is 30.5 Å². The molecule has 0 aliphatic carbocycles. The third-order valence-corrected chi connectivity index (χ3v) is 5.94. The number of nitrogens with one attached hydrogen (secondary N) is 1. The van der Waals surface area contributed by atoms with E-state index in [2.05, 4.69) is 10.3 Å². The number of carbonyl (C=O) groups is 3. The molecule has 2 aliphatic rings. The number of pyridine rings is 1. The van der Waals surface area contributed by atoms with Crippen LogP contribution in [0.15, 0.2) is 18.3 Å². The number of carbonyl (C=O) groups excluding carboxylic acids is 3. The van der Waals surface area contributed by atoms with E-state index in [1.54, 1.807) is 21.9 Å². The Labute approximate surface area is 172 Å². The third kappa shape index (κ3) is 5.29. The van der Waals surface area contributed by atoms with Gasteiger partial charge in [0.2, 0.25) is 11.8 Å². The second-order valence-corrected chi connectivity index (χ2v) is 8.27. The molecule has 8 nitrogen and oxygen atoms in total. The molecule has 0 saturated carbocycles. The molecule has 1 unspecified atom stereocenters. The van der Waals surface area contributed by atoms with Gasteiger partial charge in [-0.25, -0.2) is 9.78 Å². The summed E-state index contributed by atoms with van der Waals surface area (Å²) in [4.78, 5) is 43.7. The van der Waals surface area contributed by atoms with Gasteiger partial charge in [-0.15, -0.1) is 11.8 Å². The molecule has 2 fully saturated rings. The highest BCUT2D eigenvalue weighted by Crippen LogP contribution is 2.24. The smallest absolute Gasteiger partial charge is 0.410 e. The van der Waals surface area contributed by atoms with Gasteiger partial charge in [-0.2, -0.15) is 0 Å². The molecule has 3 heterocycles. The van der Waals surface area contributed by atoms with Crippen LogP contribution in [0.3, 0.4) is 0 Å². The van der Waals surface area contributed by atoms with Crippen LogP contribution in [0.25, 0.3) is 0 Å². The first-order valence-electron chi connectivity index (χ1n) is 9.16. The highest BCUT2D eigenvalue weighted by molar-refractivity contribution is 8.00. The molecule has 1 aromatic heterocycles. The molecule has 152 valence electrons. The monoisotopic (exact) mass is 426 g/mol. The van der Waals surface area contributed by atoms with Crippen LogP contribution in [-0.2, 0) is 14.3 Å². The minimum atomic E-state index is -0.256. The lowest BCUT2D eigenvalue weighted by Gasteiger charge is -2.37. The Morgan fingerprint density at radius 3 is 2.68 bits per heavy atom. The summed E-state index contributed by atoms with van der Waals surface area (Å²) in [5.74, 6) is 0.640. The summed E-state index contributed by atoms with van der Waals surface area (Å²) in [6.45, 7) is 3.63. The fourth-order valence-electron chi connectivity index (χ4n) is 3.38. The maximum atomic E-state index is 12.4. The van der Waals surface area contributed by atoms with Gasteiger partial charge in [-0.05, 0) is 31.9 Å². The van der Waals surface area contributed by atoms with E-state index in [1.807, 2.05) is 6.92 Å². The minimum Gasteiger partial charge on any atom is -0.447 e. The van der Waals surface area contributed by atoms with Gasteiger partial charge >= 0.3 is 6.09 Å². The molecule has 1 atom stereocenters. The maximum Gasteiger partial charge on any atom is 0.410 e. The molecular formula is C18H23ClN4O4S. The number of aromatic nitrogens is 1. The van der Waals surface area contributed by atoms with Crippen molar-refractivity contribution in [3.05, 3.63) is 23.4 Å². The Kier molecular flexibility index (Phi) is 7.01. The molecule has 10 heteroatoms. The van der Waals surface area contributed by atoms with E-state index < -0.39 is 0 Å². The highest BCUT2D eigenvalue weighted by Gasteiger charge is 2.37. The van der Waals surface area contributed by atoms with Crippen molar-refractivity contribution in [1.82, 2.24) is 14.8 Å². The van der Waals surface area contributed by atoms with E-state index >= 15 is 0 Å². The SMILES string of the molecule is CC1COC(=O)N1C1CCN(C(=O)CSCC(=O)Nc2ccc(Cl)cn2)CC1. The summed E-state index contributed by atoms with van der Waals surface area (Å²) >= 11 is 7.02. The van der Waals surface area contributed by atoms with Crippen molar-refractivity contribution >= 4 is 47.1 Å². The molecule has 2 aliphatic heterocycles. The molecule has 0 spiro atoms. The number of anilines is 1. The second-order valence-electron chi connectivity index (χ2n) is 6.85. The molecule has 1 N–H and O–H groups in total. The van der Waals surface area contributed by atoms with Gasteiger partial charge in [0.1, 0.15) is 12.4 Å². The van der Waals surface area contributed by atoms with Gasteiger partial charge in [0.15, 0.2) is 0 Å². The number of amides is 3. The third-order valence-electron chi connectivity index (χ3n) is 4.80. The molecule has 0 aromatic carbocycles. The zero-order valence-corrected chi connectivity index (χ0v) is 17.2. The number of thioether (sulfide) groups is 1. The number of rotatable bonds is 6.